The minimum atomic E-state index is -0.285. The molecule has 0 saturated heterocycles. The number of nitrogens with two attached hydrogens (primary N) is 1. The van der Waals surface area contributed by atoms with Gasteiger partial charge in [-0.1, -0.05) is 23.2 Å². The molecule has 0 atom stereocenters. The molecule has 2 aromatic rings. The first kappa shape index (κ1) is 15.2. The van der Waals surface area contributed by atoms with Crippen molar-refractivity contribution in [2.75, 3.05) is 11.1 Å². The lowest BCUT2D eigenvalue weighted by atomic mass is 10.1. The molecule has 0 unspecified atom stereocenters. The lowest BCUT2D eigenvalue weighted by Gasteiger charge is -2.10. The van der Waals surface area contributed by atoms with Gasteiger partial charge in [-0.3, -0.25) is 4.79 Å². The minimum Gasteiger partial charge on any atom is -0.398 e. The molecule has 6 heteroatoms. The minimum absolute atomic E-state index is 0.285. The number of halogens is 3. The molecule has 3 N–H and O–H groups in total. The summed E-state index contributed by atoms with van der Waals surface area (Å²) < 4.78 is 0.762. The van der Waals surface area contributed by atoms with E-state index in [1.165, 1.54) is 6.07 Å². The van der Waals surface area contributed by atoms with E-state index < -0.39 is 0 Å². The van der Waals surface area contributed by atoms with Crippen molar-refractivity contribution in [3.63, 3.8) is 0 Å². The highest BCUT2D eigenvalue weighted by molar-refractivity contribution is 9.10. The van der Waals surface area contributed by atoms with Crippen LogP contribution >= 0.6 is 39.1 Å². The van der Waals surface area contributed by atoms with E-state index in [0.29, 0.717) is 27.0 Å². The Morgan fingerprint density at radius 3 is 2.55 bits per heavy atom. The number of rotatable bonds is 2. The first-order valence-electron chi connectivity index (χ1n) is 5.70. The van der Waals surface area contributed by atoms with Gasteiger partial charge in [-0.25, -0.2) is 0 Å². The zero-order valence-corrected chi connectivity index (χ0v) is 13.6. The third kappa shape index (κ3) is 3.26. The van der Waals surface area contributed by atoms with Gasteiger partial charge < -0.3 is 11.1 Å². The highest BCUT2D eigenvalue weighted by Crippen LogP contribution is 2.29. The standard InChI is InChI=1S/C14H11BrCl2N2O/c1-7-4-9(15)13(6-12(7)18)19-14(20)8-2-3-10(16)11(17)5-8/h2-6H,18H2,1H3,(H,19,20). The molecular weight excluding hydrogens is 363 g/mol. The zero-order chi connectivity index (χ0) is 14.9. The lowest BCUT2D eigenvalue weighted by Crippen LogP contribution is -2.12. The molecule has 20 heavy (non-hydrogen) atoms. The van der Waals surface area contributed by atoms with E-state index in [4.69, 9.17) is 28.9 Å². The van der Waals surface area contributed by atoms with Gasteiger partial charge in [-0.05, 0) is 58.7 Å². The molecule has 0 saturated carbocycles. The Bertz CT molecular complexity index is 689. The van der Waals surface area contributed by atoms with Crippen molar-refractivity contribution in [1.82, 2.24) is 0 Å². The highest BCUT2D eigenvalue weighted by Gasteiger charge is 2.11. The second-order valence-corrected chi connectivity index (χ2v) is 5.94. The van der Waals surface area contributed by atoms with Crippen molar-refractivity contribution in [2.45, 2.75) is 6.92 Å². The third-order valence-corrected chi connectivity index (χ3v) is 4.18. The number of benzene rings is 2. The molecule has 0 fully saturated rings. The van der Waals surface area contributed by atoms with Crippen LogP contribution in [0.5, 0.6) is 0 Å². The van der Waals surface area contributed by atoms with Gasteiger partial charge >= 0.3 is 0 Å². The molecule has 0 aliphatic carbocycles. The number of carbonyl (C=O) groups excluding carboxylic acids is 1. The molecule has 2 aromatic carbocycles. The summed E-state index contributed by atoms with van der Waals surface area (Å²) in [5.74, 6) is -0.285. The average molecular weight is 374 g/mol. The second kappa shape index (κ2) is 6.04. The smallest absolute Gasteiger partial charge is 0.255 e. The molecule has 0 radical (unpaired) electrons. The quantitative estimate of drug-likeness (QED) is 0.735. The molecule has 0 spiro atoms. The summed E-state index contributed by atoms with van der Waals surface area (Å²) in [6, 6.07) is 8.26. The van der Waals surface area contributed by atoms with Gasteiger partial charge in [-0.15, -0.1) is 0 Å². The Balaban J connectivity index is 2.27. The Hall–Kier alpha value is -1.23. The number of carbonyl (C=O) groups is 1. The Morgan fingerprint density at radius 1 is 1.20 bits per heavy atom. The van der Waals surface area contributed by atoms with Crippen LogP contribution in [0.15, 0.2) is 34.8 Å². The zero-order valence-electron chi connectivity index (χ0n) is 10.5. The lowest BCUT2D eigenvalue weighted by molar-refractivity contribution is 0.102. The monoisotopic (exact) mass is 372 g/mol. The van der Waals surface area contributed by atoms with Gasteiger partial charge in [0.25, 0.3) is 5.91 Å². The van der Waals surface area contributed by atoms with Gasteiger partial charge in [0, 0.05) is 15.7 Å². The summed E-state index contributed by atoms with van der Waals surface area (Å²) in [5.41, 5.74) is 8.40. The predicted octanol–water partition coefficient (Wildman–Crippen LogP) is 4.90. The maximum atomic E-state index is 12.2. The summed E-state index contributed by atoms with van der Waals surface area (Å²) in [4.78, 5) is 12.2. The van der Waals surface area contributed by atoms with E-state index in [1.54, 1.807) is 18.2 Å². The van der Waals surface area contributed by atoms with Gasteiger partial charge in [0.1, 0.15) is 0 Å². The van der Waals surface area contributed by atoms with Gasteiger partial charge in [0.15, 0.2) is 0 Å². The van der Waals surface area contributed by atoms with Crippen molar-refractivity contribution < 1.29 is 4.79 Å². The van der Waals surface area contributed by atoms with Crippen molar-refractivity contribution in [3.8, 4) is 0 Å². The van der Waals surface area contributed by atoms with Crippen LogP contribution in [-0.4, -0.2) is 5.91 Å². The summed E-state index contributed by atoms with van der Waals surface area (Å²) in [7, 11) is 0. The Labute approximate surface area is 135 Å². The third-order valence-electron chi connectivity index (χ3n) is 2.79. The second-order valence-electron chi connectivity index (χ2n) is 4.27. The van der Waals surface area contributed by atoms with Gasteiger partial charge in [0.2, 0.25) is 0 Å². The molecule has 0 aromatic heterocycles. The fourth-order valence-corrected chi connectivity index (χ4v) is 2.47. The molecule has 0 heterocycles. The van der Waals surface area contributed by atoms with Crippen LogP contribution in [0, 0.1) is 6.92 Å². The normalized spacial score (nSPS) is 10.4. The Morgan fingerprint density at radius 2 is 1.90 bits per heavy atom. The van der Waals surface area contributed by atoms with E-state index >= 15 is 0 Å². The molecule has 104 valence electrons. The van der Waals surface area contributed by atoms with Gasteiger partial charge in [0.05, 0.1) is 15.7 Å². The first-order chi connectivity index (χ1) is 9.38. The summed E-state index contributed by atoms with van der Waals surface area (Å²) in [6.45, 7) is 1.89. The van der Waals surface area contributed by atoms with E-state index in [-0.39, 0.29) is 5.91 Å². The summed E-state index contributed by atoms with van der Waals surface area (Å²) in [5, 5.41) is 3.52. The molecule has 0 aliphatic rings. The van der Waals surface area contributed by atoms with Crippen molar-refractivity contribution in [2.24, 2.45) is 0 Å². The maximum Gasteiger partial charge on any atom is 0.255 e. The van der Waals surface area contributed by atoms with Gasteiger partial charge in [-0.2, -0.15) is 0 Å². The number of nitrogen functional groups attached to an aromatic ring is 1. The molecule has 3 nitrogen and oxygen atoms in total. The molecule has 1 amide bonds. The van der Waals surface area contributed by atoms with E-state index in [9.17, 15) is 4.79 Å². The topological polar surface area (TPSA) is 55.1 Å². The molecule has 0 aliphatic heterocycles. The van der Waals surface area contributed by atoms with Crippen LogP contribution < -0.4 is 11.1 Å². The van der Waals surface area contributed by atoms with Crippen molar-refractivity contribution in [3.05, 3.63) is 56.0 Å². The number of aryl methyl sites for hydroxylation is 1. The number of anilines is 2. The largest absolute Gasteiger partial charge is 0.398 e. The SMILES string of the molecule is Cc1cc(Br)c(NC(=O)c2ccc(Cl)c(Cl)c2)cc1N. The predicted molar refractivity (Wildman–Crippen MR) is 87.7 cm³/mol. The number of amides is 1. The Kier molecular flexibility index (Phi) is 4.58. The number of hydrogen-bond donors (Lipinski definition) is 2. The van der Waals surface area contributed by atoms with Crippen LogP contribution in [0.25, 0.3) is 0 Å². The van der Waals surface area contributed by atoms with Crippen LogP contribution in [0.2, 0.25) is 10.0 Å². The first-order valence-corrected chi connectivity index (χ1v) is 7.25. The van der Waals surface area contributed by atoms with E-state index in [1.807, 2.05) is 13.0 Å². The number of nitrogens with one attached hydrogen (secondary N) is 1. The average Bonchev–Trinajstić information content (AvgIpc) is 2.39. The van der Waals surface area contributed by atoms with Crippen LogP contribution in [-0.2, 0) is 0 Å². The molecular formula is C14H11BrCl2N2O. The molecule has 0 bridgehead atoms. The molecule has 2 rings (SSSR count). The van der Waals surface area contributed by atoms with Crippen LogP contribution in [0.4, 0.5) is 11.4 Å². The summed E-state index contributed by atoms with van der Waals surface area (Å²) in [6.07, 6.45) is 0. The number of hydrogen-bond acceptors (Lipinski definition) is 2. The van der Waals surface area contributed by atoms with E-state index in [0.717, 1.165) is 10.0 Å². The fourth-order valence-electron chi connectivity index (χ4n) is 1.62. The van der Waals surface area contributed by atoms with E-state index in [2.05, 4.69) is 21.2 Å². The summed E-state index contributed by atoms with van der Waals surface area (Å²) >= 11 is 15.1. The maximum absolute atomic E-state index is 12.2. The van der Waals surface area contributed by atoms with Crippen molar-refractivity contribution in [1.29, 1.82) is 0 Å². The highest BCUT2D eigenvalue weighted by atomic mass is 79.9. The van der Waals surface area contributed by atoms with Crippen LogP contribution in [0.3, 0.4) is 0 Å². The van der Waals surface area contributed by atoms with Crippen LogP contribution in [0.1, 0.15) is 15.9 Å². The van der Waals surface area contributed by atoms with Crippen molar-refractivity contribution >= 4 is 56.4 Å². The fraction of sp³-hybridized carbons (Fsp3) is 0.0714.